The van der Waals surface area contributed by atoms with Crippen LogP contribution in [0, 0.1) is 11.8 Å². The lowest BCUT2D eigenvalue weighted by atomic mass is 9.68. The van der Waals surface area contributed by atoms with Crippen LogP contribution in [0.4, 0.5) is 5.69 Å². The molecule has 1 spiro atoms. The summed E-state index contributed by atoms with van der Waals surface area (Å²) in [5.74, 6) is -0.0213. The maximum absolute atomic E-state index is 14.0. The maximum Gasteiger partial charge on any atom is 0.177 e. The van der Waals surface area contributed by atoms with Crippen molar-refractivity contribution in [3.63, 3.8) is 0 Å². The molecule has 1 saturated carbocycles. The Hall–Kier alpha value is -2.43. The average molecular weight is 684 g/mol. The van der Waals surface area contributed by atoms with Crippen molar-refractivity contribution in [3.8, 4) is 5.75 Å². The number of carbonyl (C=O) groups excluding carboxylic acids is 1. The van der Waals surface area contributed by atoms with Gasteiger partial charge < -0.3 is 24.2 Å². The molecule has 2 aromatic rings. The van der Waals surface area contributed by atoms with E-state index in [1.165, 1.54) is 18.2 Å². The number of ether oxygens (including phenoxy) is 3. The van der Waals surface area contributed by atoms with E-state index in [9.17, 15) is 18.3 Å². The van der Waals surface area contributed by atoms with Crippen molar-refractivity contribution in [1.29, 1.82) is 0 Å². The van der Waals surface area contributed by atoms with Gasteiger partial charge in [-0.3, -0.25) is 4.79 Å². The number of carbonyl (C=O) groups is 1. The zero-order chi connectivity index (χ0) is 32.8. The highest BCUT2D eigenvalue weighted by Gasteiger charge is 2.45. The van der Waals surface area contributed by atoms with Gasteiger partial charge in [0.1, 0.15) is 11.5 Å². The summed E-state index contributed by atoms with van der Waals surface area (Å²) in [6, 6.07) is 11.5. The fourth-order valence-electron chi connectivity index (χ4n) is 8.73. The number of hydrogen-bond acceptors (Lipinski definition) is 8. The predicted molar refractivity (Wildman–Crippen MR) is 182 cm³/mol. The van der Waals surface area contributed by atoms with Crippen LogP contribution in [0.1, 0.15) is 72.9 Å². The molecule has 1 saturated heterocycles. The van der Waals surface area contributed by atoms with Gasteiger partial charge in [0.2, 0.25) is 0 Å². The van der Waals surface area contributed by atoms with Gasteiger partial charge in [0, 0.05) is 42.8 Å². The van der Waals surface area contributed by atoms with Gasteiger partial charge in [-0.1, -0.05) is 29.8 Å². The smallest absolute Gasteiger partial charge is 0.177 e. The molecular formula is C37H46ClNO7S. The molecule has 5 aliphatic rings. The highest BCUT2D eigenvalue weighted by molar-refractivity contribution is 7.92. The standard InChI is InChI=1S/C37H46ClNO7S/c1-44-35-8-2-7-32(40)29-12-9-26(29)20-39-22-37(15-3-5-24-17-27(38)11-13-30(24)37)23-46-34-14-10-25(18-31(34)39)33(41)21-47(42,43)36(35)19-28-6-4-16-45-28/h2,7,10-11,13-14,17-18,26,28-29,32,35-36,40H,3-6,8-9,12,15-16,19-23H2,1H3/b7-2+/t26-,28-,29+,32-,35-,36+,37-/m0/s1. The van der Waals surface area contributed by atoms with E-state index in [0.717, 1.165) is 55.7 Å². The van der Waals surface area contributed by atoms with Gasteiger partial charge in [0.05, 0.1) is 35.9 Å². The lowest BCUT2D eigenvalue weighted by Crippen LogP contribution is -2.49. The quantitative estimate of drug-likeness (QED) is 0.411. The Labute approximate surface area is 283 Å². The van der Waals surface area contributed by atoms with E-state index in [4.69, 9.17) is 25.8 Å². The molecule has 1 N–H and O–H groups in total. The van der Waals surface area contributed by atoms with E-state index in [0.29, 0.717) is 44.0 Å². The monoisotopic (exact) mass is 683 g/mol. The highest BCUT2D eigenvalue weighted by atomic mass is 35.5. The van der Waals surface area contributed by atoms with E-state index in [2.05, 4.69) is 17.0 Å². The average Bonchev–Trinajstić information content (AvgIpc) is 3.50. The van der Waals surface area contributed by atoms with Crippen LogP contribution >= 0.6 is 11.6 Å². The fourth-order valence-corrected chi connectivity index (χ4v) is 10.9. The van der Waals surface area contributed by atoms with Crippen molar-refractivity contribution in [2.75, 3.05) is 44.1 Å². The summed E-state index contributed by atoms with van der Waals surface area (Å²) in [7, 11) is -2.41. The largest absolute Gasteiger partial charge is 0.490 e. The number of anilines is 1. The Morgan fingerprint density at radius 3 is 2.77 bits per heavy atom. The number of Topliss-reactive ketones (excluding diaryl/α,β-unsaturated/α-hetero) is 1. The third kappa shape index (κ3) is 6.63. The third-order valence-corrected chi connectivity index (χ3v) is 13.8. The van der Waals surface area contributed by atoms with Crippen LogP contribution < -0.4 is 9.64 Å². The Morgan fingerprint density at radius 1 is 1.13 bits per heavy atom. The molecule has 0 unspecified atom stereocenters. The zero-order valence-corrected chi connectivity index (χ0v) is 28.7. The molecule has 7 atom stereocenters. The first-order valence-corrected chi connectivity index (χ1v) is 19.3. The molecule has 254 valence electrons. The first-order chi connectivity index (χ1) is 22.7. The van der Waals surface area contributed by atoms with Crippen molar-refractivity contribution in [3.05, 3.63) is 70.3 Å². The summed E-state index contributed by atoms with van der Waals surface area (Å²) in [5.41, 5.74) is 3.40. The summed E-state index contributed by atoms with van der Waals surface area (Å²) in [6.45, 7) is 2.50. The van der Waals surface area contributed by atoms with Crippen LogP contribution in [0.15, 0.2) is 48.6 Å². The molecule has 2 bridgehead atoms. The number of sulfone groups is 1. The number of rotatable bonds is 3. The number of hydrogen-bond donors (Lipinski definition) is 1. The third-order valence-electron chi connectivity index (χ3n) is 11.5. The molecule has 2 aliphatic carbocycles. The molecule has 3 heterocycles. The number of fused-ring (bicyclic) bond motifs is 4. The maximum atomic E-state index is 14.0. The van der Waals surface area contributed by atoms with Crippen LogP contribution in [0.2, 0.25) is 5.02 Å². The number of ketones is 1. The second kappa shape index (κ2) is 13.5. The molecule has 2 fully saturated rings. The molecule has 10 heteroatoms. The van der Waals surface area contributed by atoms with E-state index in [-0.39, 0.29) is 29.8 Å². The van der Waals surface area contributed by atoms with Gasteiger partial charge in [0.15, 0.2) is 15.6 Å². The van der Waals surface area contributed by atoms with Gasteiger partial charge >= 0.3 is 0 Å². The number of methoxy groups -OCH3 is 1. The van der Waals surface area contributed by atoms with Crippen molar-refractivity contribution >= 4 is 32.9 Å². The molecule has 0 amide bonds. The van der Waals surface area contributed by atoms with Gasteiger partial charge in [-0.15, -0.1) is 0 Å². The lowest BCUT2D eigenvalue weighted by Gasteiger charge is -2.45. The molecule has 8 nitrogen and oxygen atoms in total. The fraction of sp³-hybridized carbons (Fsp3) is 0.595. The summed E-state index contributed by atoms with van der Waals surface area (Å²) >= 11 is 6.42. The van der Waals surface area contributed by atoms with Crippen molar-refractivity contribution in [2.45, 2.75) is 86.8 Å². The number of nitrogens with zero attached hydrogens (tertiary/aromatic N) is 1. The van der Waals surface area contributed by atoms with Crippen LogP contribution in [0.3, 0.4) is 0 Å². The topological polar surface area (TPSA) is 102 Å². The molecule has 0 radical (unpaired) electrons. The molecule has 3 aliphatic heterocycles. The van der Waals surface area contributed by atoms with E-state index in [1.807, 2.05) is 30.4 Å². The minimum atomic E-state index is -3.93. The zero-order valence-electron chi connectivity index (χ0n) is 27.1. The van der Waals surface area contributed by atoms with Gasteiger partial charge in [-0.05, 0) is 111 Å². The Kier molecular flexibility index (Phi) is 9.48. The summed E-state index contributed by atoms with van der Waals surface area (Å²) < 4.78 is 46.3. The van der Waals surface area contributed by atoms with Crippen molar-refractivity contribution < 1.29 is 32.5 Å². The second-order valence-electron chi connectivity index (χ2n) is 14.4. The number of halogens is 1. The van der Waals surface area contributed by atoms with Crippen LogP contribution in [0.5, 0.6) is 5.75 Å². The highest BCUT2D eigenvalue weighted by Crippen LogP contribution is 2.47. The van der Waals surface area contributed by atoms with E-state index in [1.54, 1.807) is 6.07 Å². The number of aliphatic hydroxyl groups is 1. The van der Waals surface area contributed by atoms with Crippen LogP contribution in [0.25, 0.3) is 0 Å². The summed E-state index contributed by atoms with van der Waals surface area (Å²) in [4.78, 5) is 16.2. The first kappa shape index (κ1) is 33.1. The van der Waals surface area contributed by atoms with Gasteiger partial charge in [-0.2, -0.15) is 0 Å². The first-order valence-electron chi connectivity index (χ1n) is 17.2. The summed E-state index contributed by atoms with van der Waals surface area (Å²) in [6.07, 6.45) is 9.32. The van der Waals surface area contributed by atoms with E-state index < -0.39 is 38.8 Å². The van der Waals surface area contributed by atoms with Crippen LogP contribution in [-0.4, -0.2) is 82.0 Å². The number of aryl methyl sites for hydroxylation is 1. The predicted octanol–water partition coefficient (Wildman–Crippen LogP) is 5.71. The minimum Gasteiger partial charge on any atom is -0.490 e. The Balaban J connectivity index is 1.27. The Morgan fingerprint density at radius 2 is 2.00 bits per heavy atom. The normalized spacial score (nSPS) is 34.4. The number of benzene rings is 2. The molecule has 0 aromatic heterocycles. The van der Waals surface area contributed by atoms with Crippen molar-refractivity contribution in [1.82, 2.24) is 0 Å². The molecular weight excluding hydrogens is 638 g/mol. The second-order valence-corrected chi connectivity index (χ2v) is 17.0. The lowest BCUT2D eigenvalue weighted by molar-refractivity contribution is 0.0447. The SMILES string of the molecule is CO[C@H]1C/C=C/[C@H](O)[C@@H]2CC[C@H]2CN2C[C@@]3(CCCc4cc(Cl)ccc43)COc3ccc(cc32)C(=O)CS(=O)(=O)[C@@H]1C[C@@H]1CCCO1. The van der Waals surface area contributed by atoms with Gasteiger partial charge in [0.25, 0.3) is 0 Å². The van der Waals surface area contributed by atoms with Gasteiger partial charge in [-0.25, -0.2) is 8.42 Å². The molecule has 47 heavy (non-hydrogen) atoms. The molecule has 2 aromatic carbocycles. The minimum absolute atomic E-state index is 0.0809. The molecule has 7 rings (SSSR count). The summed E-state index contributed by atoms with van der Waals surface area (Å²) in [5, 5.41) is 11.2. The number of aliphatic hydroxyl groups excluding tert-OH is 1. The Bertz CT molecular complexity index is 1620. The van der Waals surface area contributed by atoms with Crippen LogP contribution in [-0.2, 0) is 31.1 Å². The van der Waals surface area contributed by atoms with Crippen molar-refractivity contribution in [2.24, 2.45) is 11.8 Å². The van der Waals surface area contributed by atoms with E-state index >= 15 is 0 Å².